The summed E-state index contributed by atoms with van der Waals surface area (Å²) < 4.78 is 4.75. The molecule has 2 aromatic carbocycles. The van der Waals surface area contributed by atoms with E-state index in [9.17, 15) is 4.79 Å². The van der Waals surface area contributed by atoms with Gasteiger partial charge in [-0.05, 0) is 49.9 Å². The van der Waals surface area contributed by atoms with Crippen LogP contribution >= 0.6 is 0 Å². The number of hydrogen-bond acceptors (Lipinski definition) is 5. The molecular weight excluding hydrogens is 362 g/mol. The Kier molecular flexibility index (Phi) is 8.10. The highest BCUT2D eigenvalue weighted by Crippen LogP contribution is 2.24. The molecule has 0 aromatic heterocycles. The summed E-state index contributed by atoms with van der Waals surface area (Å²) in [6.07, 6.45) is 2.44. The average Bonchev–Trinajstić information content (AvgIpc) is 2.77. The minimum Gasteiger partial charge on any atom is -0.465 e. The minimum atomic E-state index is -0.368. The van der Waals surface area contributed by atoms with Crippen LogP contribution in [0.2, 0.25) is 0 Å². The van der Waals surface area contributed by atoms with Crippen molar-refractivity contribution >= 4 is 24.1 Å². The summed E-state index contributed by atoms with van der Waals surface area (Å²) in [5.41, 5.74) is 4.34. The molecule has 0 bridgehead atoms. The van der Waals surface area contributed by atoms with Crippen LogP contribution in [0.15, 0.2) is 88.6 Å². The van der Waals surface area contributed by atoms with Crippen molar-refractivity contribution in [1.82, 2.24) is 0 Å². The predicted molar refractivity (Wildman–Crippen MR) is 121 cm³/mol. The molecule has 2 aromatic rings. The summed E-state index contributed by atoms with van der Waals surface area (Å²) in [6.45, 7) is 10.2. The van der Waals surface area contributed by atoms with Gasteiger partial charge in [0, 0.05) is 24.0 Å². The number of carbonyl (C=O) groups is 1. The third kappa shape index (κ3) is 5.75. The molecule has 0 fully saturated rings. The van der Waals surface area contributed by atoms with Gasteiger partial charge in [-0.2, -0.15) is 0 Å². The number of rotatable bonds is 9. The maximum atomic E-state index is 11.7. The maximum Gasteiger partial charge on any atom is 0.337 e. The number of esters is 1. The molecule has 0 saturated heterocycles. The van der Waals surface area contributed by atoms with E-state index < -0.39 is 0 Å². The first-order valence-electron chi connectivity index (χ1n) is 9.30. The molecule has 5 nitrogen and oxygen atoms in total. The van der Waals surface area contributed by atoms with Crippen molar-refractivity contribution in [2.75, 3.05) is 19.1 Å². The van der Waals surface area contributed by atoms with Crippen molar-refractivity contribution < 1.29 is 9.53 Å². The molecule has 0 radical (unpaired) electrons. The van der Waals surface area contributed by atoms with Crippen molar-refractivity contribution in [2.45, 2.75) is 19.9 Å². The first-order chi connectivity index (χ1) is 14.0. The van der Waals surface area contributed by atoms with Gasteiger partial charge in [-0.25, -0.2) is 9.79 Å². The summed E-state index contributed by atoms with van der Waals surface area (Å²) in [5.74, 6) is 0.332. The van der Waals surface area contributed by atoms with Crippen LogP contribution in [-0.4, -0.2) is 32.6 Å². The summed E-state index contributed by atoms with van der Waals surface area (Å²) in [4.78, 5) is 22.6. The Bertz CT molecular complexity index is 913. The second-order valence-electron chi connectivity index (χ2n) is 6.44. The number of methoxy groups -OCH3 is 1. The fourth-order valence-electron chi connectivity index (χ4n) is 2.90. The molecule has 150 valence electrons. The molecule has 5 heteroatoms. The van der Waals surface area contributed by atoms with Crippen LogP contribution in [0, 0.1) is 0 Å². The van der Waals surface area contributed by atoms with Crippen molar-refractivity contribution in [3.63, 3.8) is 0 Å². The smallest absolute Gasteiger partial charge is 0.337 e. The Morgan fingerprint density at radius 1 is 1.14 bits per heavy atom. The van der Waals surface area contributed by atoms with Crippen LogP contribution < -0.4 is 4.90 Å². The molecule has 0 N–H and O–H groups in total. The van der Waals surface area contributed by atoms with Crippen LogP contribution in [-0.2, 0) is 11.3 Å². The highest BCUT2D eigenvalue weighted by atomic mass is 16.5. The number of nitrogens with zero attached hydrogens (tertiary/aromatic N) is 3. The first-order valence-corrected chi connectivity index (χ1v) is 9.30. The van der Waals surface area contributed by atoms with E-state index in [2.05, 4.69) is 30.4 Å². The Balaban J connectivity index is 2.35. The van der Waals surface area contributed by atoms with Crippen molar-refractivity contribution in [1.29, 1.82) is 0 Å². The van der Waals surface area contributed by atoms with Gasteiger partial charge in [0.15, 0.2) is 0 Å². The highest BCUT2D eigenvalue weighted by Gasteiger charge is 2.15. The summed E-state index contributed by atoms with van der Waals surface area (Å²) in [5, 5.41) is 0. The minimum absolute atomic E-state index is 0.368. The topological polar surface area (TPSA) is 54.3 Å². The van der Waals surface area contributed by atoms with Gasteiger partial charge in [-0.1, -0.05) is 36.4 Å². The zero-order chi connectivity index (χ0) is 21.2. The Labute approximate surface area is 172 Å². The Morgan fingerprint density at radius 3 is 2.34 bits per heavy atom. The molecular formula is C24H27N3O2. The van der Waals surface area contributed by atoms with E-state index in [4.69, 9.17) is 9.73 Å². The number of hydrogen-bond donors (Lipinski definition) is 0. The lowest BCUT2D eigenvalue weighted by molar-refractivity contribution is 0.0601. The molecule has 0 saturated carbocycles. The van der Waals surface area contributed by atoms with Gasteiger partial charge in [-0.15, -0.1) is 6.58 Å². The van der Waals surface area contributed by atoms with E-state index in [0.29, 0.717) is 24.4 Å². The van der Waals surface area contributed by atoms with E-state index in [0.717, 1.165) is 22.5 Å². The van der Waals surface area contributed by atoms with Gasteiger partial charge >= 0.3 is 5.97 Å². The van der Waals surface area contributed by atoms with Gasteiger partial charge in [0.2, 0.25) is 0 Å². The van der Waals surface area contributed by atoms with E-state index in [-0.39, 0.29) is 5.97 Å². The van der Waals surface area contributed by atoms with Crippen molar-refractivity contribution in [3.05, 3.63) is 89.8 Å². The van der Waals surface area contributed by atoms with Gasteiger partial charge in [0.1, 0.15) is 5.82 Å². The quantitative estimate of drug-likeness (QED) is 0.342. The van der Waals surface area contributed by atoms with E-state index in [1.165, 1.54) is 7.11 Å². The zero-order valence-electron chi connectivity index (χ0n) is 17.3. The number of aliphatic imine (C=N–C) groups is 2. The standard InChI is InChI=1S/C24H27N3O2/c1-6-10-22(18(2)26-17-19-11-8-7-9-12-19)23(25-3)27(4)21-15-13-20(14-16-21)24(28)29-5/h6-9,11-16H,1,3,10,17H2,2,4-5H3/b23-22+,26-18?. The van der Waals surface area contributed by atoms with Crippen LogP contribution in [0.5, 0.6) is 0 Å². The van der Waals surface area contributed by atoms with Gasteiger partial charge < -0.3 is 9.64 Å². The molecule has 0 atom stereocenters. The lowest BCUT2D eigenvalue weighted by atomic mass is 10.1. The number of benzene rings is 2. The molecule has 0 aliphatic carbocycles. The van der Waals surface area contributed by atoms with Crippen LogP contribution in [0.1, 0.15) is 29.3 Å². The molecule has 0 aliphatic rings. The van der Waals surface area contributed by atoms with Crippen LogP contribution in [0.25, 0.3) is 0 Å². The predicted octanol–water partition coefficient (Wildman–Crippen LogP) is 5.06. The fraction of sp³-hybridized carbons (Fsp3) is 0.208. The normalized spacial score (nSPS) is 12.0. The summed E-state index contributed by atoms with van der Waals surface area (Å²) >= 11 is 0. The molecule has 0 heterocycles. The second kappa shape index (κ2) is 10.8. The Morgan fingerprint density at radius 2 is 1.79 bits per heavy atom. The van der Waals surface area contributed by atoms with Crippen molar-refractivity contribution in [2.24, 2.45) is 9.98 Å². The second-order valence-corrected chi connectivity index (χ2v) is 6.44. The largest absolute Gasteiger partial charge is 0.465 e. The van der Waals surface area contributed by atoms with Crippen LogP contribution in [0.4, 0.5) is 5.69 Å². The number of anilines is 1. The number of carbonyl (C=O) groups excluding carboxylic acids is 1. The molecule has 29 heavy (non-hydrogen) atoms. The average molecular weight is 389 g/mol. The highest BCUT2D eigenvalue weighted by molar-refractivity contribution is 5.99. The summed E-state index contributed by atoms with van der Waals surface area (Å²) in [6, 6.07) is 17.2. The lowest BCUT2D eigenvalue weighted by Gasteiger charge is -2.23. The zero-order valence-corrected chi connectivity index (χ0v) is 17.3. The van der Waals surface area contributed by atoms with Crippen molar-refractivity contribution in [3.8, 4) is 0 Å². The number of ether oxygens (including phenoxy) is 1. The van der Waals surface area contributed by atoms with Crippen LogP contribution in [0.3, 0.4) is 0 Å². The molecule has 0 unspecified atom stereocenters. The first kappa shape index (κ1) is 21.8. The van der Waals surface area contributed by atoms with E-state index >= 15 is 0 Å². The van der Waals surface area contributed by atoms with Gasteiger partial charge in [-0.3, -0.25) is 4.99 Å². The third-order valence-corrected chi connectivity index (χ3v) is 4.54. The number of allylic oxidation sites excluding steroid dienone is 2. The van der Waals surface area contributed by atoms with Gasteiger partial charge in [0.05, 0.1) is 19.2 Å². The SMILES string of the molecule is C=CC/C(C(C)=NCc1ccccc1)=C(/N=C)N(C)c1ccc(C(=O)OC)cc1. The third-order valence-electron chi connectivity index (χ3n) is 4.54. The molecule has 2 rings (SSSR count). The molecule has 0 amide bonds. The summed E-state index contributed by atoms with van der Waals surface area (Å²) in [7, 11) is 3.27. The lowest BCUT2D eigenvalue weighted by Crippen LogP contribution is -2.19. The molecule has 0 spiro atoms. The van der Waals surface area contributed by atoms with E-state index in [1.54, 1.807) is 12.1 Å². The Hall–Kier alpha value is -3.47. The molecule has 0 aliphatic heterocycles. The van der Waals surface area contributed by atoms with Gasteiger partial charge in [0.25, 0.3) is 0 Å². The monoisotopic (exact) mass is 389 g/mol. The maximum absolute atomic E-state index is 11.7. The fourth-order valence-corrected chi connectivity index (χ4v) is 2.90. The van der Waals surface area contributed by atoms with E-state index in [1.807, 2.05) is 55.3 Å².